The van der Waals surface area contributed by atoms with Crippen molar-refractivity contribution in [3.63, 3.8) is 0 Å². The summed E-state index contributed by atoms with van der Waals surface area (Å²) >= 11 is 0. The van der Waals surface area contributed by atoms with E-state index in [9.17, 15) is 4.79 Å². The summed E-state index contributed by atoms with van der Waals surface area (Å²) in [6.45, 7) is 9.70. The minimum Gasteiger partial charge on any atom is -0.478 e. The minimum atomic E-state index is 0.270. The molecule has 1 aliphatic heterocycles. The summed E-state index contributed by atoms with van der Waals surface area (Å²) in [4.78, 5) is 25.4. The van der Waals surface area contributed by atoms with Gasteiger partial charge in [0.05, 0.1) is 6.61 Å². The molecule has 2 aliphatic rings. The van der Waals surface area contributed by atoms with Crippen LogP contribution in [-0.2, 0) is 4.79 Å². The molecule has 6 heteroatoms. The molecule has 22 heavy (non-hydrogen) atoms. The summed E-state index contributed by atoms with van der Waals surface area (Å²) in [5.74, 6) is 2.49. The van der Waals surface area contributed by atoms with E-state index < -0.39 is 0 Å². The molecule has 0 N–H and O–H groups in total. The maximum absolute atomic E-state index is 12.3. The van der Waals surface area contributed by atoms with Gasteiger partial charge in [0.15, 0.2) is 0 Å². The lowest BCUT2D eigenvalue weighted by molar-refractivity contribution is -0.133. The number of amides is 1. The van der Waals surface area contributed by atoms with Gasteiger partial charge in [-0.3, -0.25) is 4.79 Å². The van der Waals surface area contributed by atoms with Crippen LogP contribution in [0.25, 0.3) is 0 Å². The summed E-state index contributed by atoms with van der Waals surface area (Å²) in [6.07, 6.45) is 1.05. The first-order chi connectivity index (χ1) is 10.6. The molecule has 0 unspecified atom stereocenters. The molecule has 6 nitrogen and oxygen atoms in total. The Kier molecular flexibility index (Phi) is 4.18. The highest BCUT2D eigenvalue weighted by Gasteiger charge is 2.42. The Hall–Kier alpha value is -1.85. The first-order valence-electron chi connectivity index (χ1n) is 8.10. The first-order valence-corrected chi connectivity index (χ1v) is 8.10. The number of nitrogens with zero attached hydrogens (tertiary/aromatic N) is 4. The summed E-state index contributed by atoms with van der Waals surface area (Å²) in [6, 6.07) is 1.85. The third-order valence-electron chi connectivity index (χ3n) is 4.41. The molecule has 2 heterocycles. The zero-order valence-corrected chi connectivity index (χ0v) is 13.6. The van der Waals surface area contributed by atoms with Crippen molar-refractivity contribution >= 4 is 11.9 Å². The van der Waals surface area contributed by atoms with Crippen LogP contribution in [0, 0.1) is 18.8 Å². The largest absolute Gasteiger partial charge is 0.478 e. The highest BCUT2D eigenvalue weighted by molar-refractivity contribution is 5.81. The number of carbonyl (C=O) groups excluding carboxylic acids is 1. The van der Waals surface area contributed by atoms with Crippen molar-refractivity contribution in [1.82, 2.24) is 14.9 Å². The summed E-state index contributed by atoms with van der Waals surface area (Å²) in [5.41, 5.74) is 0.902. The van der Waals surface area contributed by atoms with Crippen LogP contribution in [0.2, 0.25) is 0 Å². The SMILES string of the molecule is CCOc1cc(C)nc(N2CCN(C(=O)[C@@H]3C[C@@H]3C)CC2)n1. The molecule has 2 fully saturated rings. The lowest BCUT2D eigenvalue weighted by Crippen LogP contribution is -2.49. The van der Waals surface area contributed by atoms with Gasteiger partial charge in [0.25, 0.3) is 0 Å². The molecule has 2 atom stereocenters. The number of anilines is 1. The second-order valence-electron chi connectivity index (χ2n) is 6.21. The predicted octanol–water partition coefficient (Wildman–Crippen LogP) is 1.49. The number of ether oxygens (including phenoxy) is 1. The monoisotopic (exact) mass is 304 g/mol. The number of hydrogen-bond acceptors (Lipinski definition) is 5. The van der Waals surface area contributed by atoms with E-state index in [1.54, 1.807) is 0 Å². The maximum Gasteiger partial charge on any atom is 0.228 e. The molecule has 0 radical (unpaired) electrons. The Bertz CT molecular complexity index is 555. The second-order valence-corrected chi connectivity index (χ2v) is 6.21. The fourth-order valence-corrected chi connectivity index (χ4v) is 2.92. The number of carbonyl (C=O) groups is 1. The van der Waals surface area contributed by atoms with Crippen LogP contribution in [-0.4, -0.2) is 53.6 Å². The van der Waals surface area contributed by atoms with Crippen molar-refractivity contribution in [2.45, 2.75) is 27.2 Å². The third-order valence-corrected chi connectivity index (χ3v) is 4.41. The smallest absolute Gasteiger partial charge is 0.228 e. The molecular formula is C16H24N4O2. The average Bonchev–Trinajstić information content (AvgIpc) is 3.23. The molecule has 120 valence electrons. The quantitative estimate of drug-likeness (QED) is 0.843. The number of aryl methyl sites for hydroxylation is 1. The van der Waals surface area contributed by atoms with Crippen LogP contribution in [0.15, 0.2) is 6.07 Å². The first kappa shape index (κ1) is 15.1. The van der Waals surface area contributed by atoms with Gasteiger partial charge in [-0.25, -0.2) is 4.98 Å². The van der Waals surface area contributed by atoms with Gasteiger partial charge in [0.1, 0.15) is 0 Å². The molecule has 1 amide bonds. The van der Waals surface area contributed by atoms with E-state index in [2.05, 4.69) is 21.8 Å². The standard InChI is InChI=1S/C16H24N4O2/c1-4-22-14-10-12(3)17-16(18-14)20-7-5-19(6-8-20)15(21)13-9-11(13)2/h10-11,13H,4-9H2,1-3H3/t11-,13+/m0/s1. The third kappa shape index (κ3) is 3.15. The number of piperazine rings is 1. The van der Waals surface area contributed by atoms with E-state index in [1.165, 1.54) is 0 Å². The minimum absolute atomic E-state index is 0.270. The molecular weight excluding hydrogens is 280 g/mol. The molecule has 0 bridgehead atoms. The lowest BCUT2D eigenvalue weighted by atomic mass is 10.2. The van der Waals surface area contributed by atoms with Crippen LogP contribution >= 0.6 is 0 Å². The van der Waals surface area contributed by atoms with Crippen LogP contribution in [0.4, 0.5) is 5.95 Å². The molecule has 1 aromatic rings. The van der Waals surface area contributed by atoms with E-state index in [1.807, 2.05) is 24.8 Å². The lowest BCUT2D eigenvalue weighted by Gasteiger charge is -2.35. The van der Waals surface area contributed by atoms with Crippen molar-refractivity contribution < 1.29 is 9.53 Å². The van der Waals surface area contributed by atoms with Crippen LogP contribution in [0.3, 0.4) is 0 Å². The van der Waals surface area contributed by atoms with E-state index in [4.69, 9.17) is 4.74 Å². The fraction of sp³-hybridized carbons (Fsp3) is 0.688. The Balaban J connectivity index is 1.62. The summed E-state index contributed by atoms with van der Waals surface area (Å²) in [7, 11) is 0. The van der Waals surface area contributed by atoms with Crippen molar-refractivity contribution in [2.24, 2.45) is 11.8 Å². The number of aromatic nitrogens is 2. The highest BCUT2D eigenvalue weighted by atomic mass is 16.5. The van der Waals surface area contributed by atoms with Crippen LogP contribution in [0.5, 0.6) is 5.88 Å². The topological polar surface area (TPSA) is 58.6 Å². The van der Waals surface area contributed by atoms with Crippen molar-refractivity contribution in [1.29, 1.82) is 0 Å². The van der Waals surface area contributed by atoms with E-state index >= 15 is 0 Å². The highest BCUT2D eigenvalue weighted by Crippen LogP contribution is 2.39. The van der Waals surface area contributed by atoms with Gasteiger partial charge in [0.2, 0.25) is 17.7 Å². The number of hydrogen-bond donors (Lipinski definition) is 0. The molecule has 0 spiro atoms. The Morgan fingerprint density at radius 3 is 2.59 bits per heavy atom. The predicted molar refractivity (Wildman–Crippen MR) is 84.0 cm³/mol. The van der Waals surface area contributed by atoms with Crippen LogP contribution < -0.4 is 9.64 Å². The van der Waals surface area contributed by atoms with Gasteiger partial charge in [0, 0.05) is 43.9 Å². The van der Waals surface area contributed by atoms with Gasteiger partial charge in [-0.1, -0.05) is 6.92 Å². The van der Waals surface area contributed by atoms with Gasteiger partial charge >= 0.3 is 0 Å². The average molecular weight is 304 g/mol. The van der Waals surface area contributed by atoms with Crippen LogP contribution in [0.1, 0.15) is 26.0 Å². The molecule has 1 aromatic heterocycles. The summed E-state index contributed by atoms with van der Waals surface area (Å²) < 4.78 is 5.49. The van der Waals surface area contributed by atoms with E-state index in [-0.39, 0.29) is 5.92 Å². The molecule has 1 saturated heterocycles. The van der Waals surface area contributed by atoms with Gasteiger partial charge in [-0.15, -0.1) is 0 Å². The fourth-order valence-electron chi connectivity index (χ4n) is 2.92. The van der Waals surface area contributed by atoms with E-state index in [0.717, 1.165) is 38.3 Å². The molecule has 1 saturated carbocycles. The maximum atomic E-state index is 12.3. The number of rotatable bonds is 4. The van der Waals surface area contributed by atoms with Crippen molar-refractivity contribution in [2.75, 3.05) is 37.7 Å². The molecule has 1 aliphatic carbocycles. The Morgan fingerprint density at radius 2 is 2.00 bits per heavy atom. The zero-order chi connectivity index (χ0) is 15.7. The van der Waals surface area contributed by atoms with Crippen molar-refractivity contribution in [3.05, 3.63) is 11.8 Å². The summed E-state index contributed by atoms with van der Waals surface area (Å²) in [5, 5.41) is 0. The zero-order valence-electron chi connectivity index (χ0n) is 13.6. The van der Waals surface area contributed by atoms with Gasteiger partial charge in [-0.2, -0.15) is 4.98 Å². The van der Waals surface area contributed by atoms with E-state index in [0.29, 0.717) is 30.3 Å². The molecule has 0 aromatic carbocycles. The Morgan fingerprint density at radius 1 is 1.32 bits per heavy atom. The van der Waals surface area contributed by atoms with Gasteiger partial charge < -0.3 is 14.5 Å². The molecule has 3 rings (SSSR count). The normalized spacial score (nSPS) is 24.3. The van der Waals surface area contributed by atoms with Gasteiger partial charge in [-0.05, 0) is 26.2 Å². The second kappa shape index (κ2) is 6.10. The Labute approximate surface area is 131 Å². The van der Waals surface area contributed by atoms with Crippen molar-refractivity contribution in [3.8, 4) is 5.88 Å².